The highest BCUT2D eigenvalue weighted by Gasteiger charge is 2.24. The molecule has 0 unspecified atom stereocenters. The maximum atomic E-state index is 11.5. The minimum Gasteiger partial charge on any atom is -0.282 e. The molecule has 0 aliphatic rings. The molecule has 0 saturated heterocycles. The van der Waals surface area contributed by atoms with Gasteiger partial charge in [0, 0.05) is 5.39 Å². The Kier molecular flexibility index (Phi) is 4.28. The van der Waals surface area contributed by atoms with E-state index in [9.17, 15) is 29.8 Å². The van der Waals surface area contributed by atoms with Crippen molar-refractivity contribution in [3.8, 4) is 0 Å². The number of rotatable bonds is 4. The number of aliphatic imine (C=N–C) groups is 1. The van der Waals surface area contributed by atoms with E-state index < -0.39 is 50.7 Å². The molecule has 0 fully saturated rings. The van der Waals surface area contributed by atoms with E-state index >= 15 is 0 Å². The van der Waals surface area contributed by atoms with Crippen LogP contribution < -0.4 is 0 Å². The third kappa shape index (κ3) is 3.45. The van der Waals surface area contributed by atoms with E-state index in [-0.39, 0.29) is 10.8 Å². The fraction of sp³-hybridized carbons (Fsp3) is 0. The Morgan fingerprint density at radius 3 is 1.71 bits per heavy atom. The predicted molar refractivity (Wildman–Crippen MR) is 82.6 cm³/mol. The second kappa shape index (κ2) is 5.58. The smallest absolute Gasteiger partial charge is 0.282 e. The van der Waals surface area contributed by atoms with Gasteiger partial charge in [0.15, 0.2) is 0 Å². The van der Waals surface area contributed by atoms with Crippen molar-refractivity contribution in [2.45, 2.75) is 14.7 Å². The van der Waals surface area contributed by atoms with Gasteiger partial charge in [-0.15, -0.1) is 0 Å². The molecule has 24 heavy (non-hydrogen) atoms. The first-order chi connectivity index (χ1) is 10.7. The molecule has 0 aliphatic heterocycles. The molecule has 0 aliphatic carbocycles. The van der Waals surface area contributed by atoms with Crippen LogP contribution >= 0.6 is 0 Å². The Bertz CT molecular complexity index is 1180. The zero-order valence-electron chi connectivity index (χ0n) is 11.5. The van der Waals surface area contributed by atoms with Gasteiger partial charge in [0.25, 0.3) is 30.4 Å². The number of hydrogen-bond acceptors (Lipinski definition) is 7. The van der Waals surface area contributed by atoms with E-state index in [1.807, 2.05) is 0 Å². The van der Waals surface area contributed by atoms with Gasteiger partial charge in [0.2, 0.25) is 0 Å². The van der Waals surface area contributed by atoms with Gasteiger partial charge in [-0.2, -0.15) is 25.3 Å². The van der Waals surface area contributed by atoms with Crippen LogP contribution in [0.1, 0.15) is 0 Å². The van der Waals surface area contributed by atoms with Gasteiger partial charge >= 0.3 is 0 Å². The standard InChI is InChI=1S/C11H9NO9S3/c1-12-9-5-8-6(3-11(9)24(19,20)21)2-7(22(13,14)15)4-10(8)23(16,17)18/h2-5H,1H2,(H,13,14,15)(H,16,17,18)(H,19,20,21). The predicted octanol–water partition coefficient (Wildman–Crippen LogP) is 0.912. The molecule has 2 aromatic carbocycles. The van der Waals surface area contributed by atoms with Crippen molar-refractivity contribution >= 4 is 53.5 Å². The van der Waals surface area contributed by atoms with E-state index in [1.54, 1.807) is 0 Å². The Hall–Kier alpha value is -1.90. The Morgan fingerprint density at radius 2 is 1.29 bits per heavy atom. The second-order valence-corrected chi connectivity index (χ2v) is 8.75. The van der Waals surface area contributed by atoms with Gasteiger partial charge in [-0.25, -0.2) is 0 Å². The first kappa shape index (κ1) is 18.4. The zero-order chi connectivity index (χ0) is 18.5. The molecule has 0 bridgehead atoms. The number of nitrogens with zero attached hydrogens (tertiary/aromatic N) is 1. The van der Waals surface area contributed by atoms with Crippen LogP contribution in [-0.2, 0) is 30.4 Å². The molecule has 0 radical (unpaired) electrons. The fourth-order valence-electron chi connectivity index (χ4n) is 2.01. The third-order valence-electron chi connectivity index (χ3n) is 2.99. The normalized spacial score (nSPS) is 13.1. The third-order valence-corrected chi connectivity index (χ3v) is 5.60. The monoisotopic (exact) mass is 395 g/mol. The van der Waals surface area contributed by atoms with Crippen LogP contribution in [0.15, 0.2) is 43.9 Å². The molecule has 0 saturated carbocycles. The number of fused-ring (bicyclic) bond motifs is 1. The van der Waals surface area contributed by atoms with Crippen molar-refractivity contribution in [2.75, 3.05) is 0 Å². The quantitative estimate of drug-likeness (QED) is 0.501. The summed E-state index contributed by atoms with van der Waals surface area (Å²) in [5.74, 6) is 0. The maximum Gasteiger partial charge on any atom is 0.296 e. The van der Waals surface area contributed by atoms with Crippen molar-refractivity contribution in [1.29, 1.82) is 0 Å². The summed E-state index contributed by atoms with van der Waals surface area (Å²) in [4.78, 5) is 0.780. The van der Waals surface area contributed by atoms with Crippen LogP contribution in [0.25, 0.3) is 10.8 Å². The van der Waals surface area contributed by atoms with Crippen molar-refractivity contribution in [1.82, 2.24) is 0 Å². The topological polar surface area (TPSA) is 175 Å². The summed E-state index contributed by atoms with van der Waals surface area (Å²) in [6, 6.07) is 2.87. The van der Waals surface area contributed by atoms with Gasteiger partial charge in [0.05, 0.1) is 10.6 Å². The minimum atomic E-state index is -4.94. The van der Waals surface area contributed by atoms with Crippen LogP contribution in [0.2, 0.25) is 0 Å². The lowest BCUT2D eigenvalue weighted by molar-refractivity contribution is 0.480. The highest BCUT2D eigenvalue weighted by molar-refractivity contribution is 7.87. The minimum absolute atomic E-state index is 0.292. The van der Waals surface area contributed by atoms with Crippen molar-refractivity contribution < 1.29 is 38.9 Å². The summed E-state index contributed by atoms with van der Waals surface area (Å²) in [7, 11) is -14.6. The van der Waals surface area contributed by atoms with Gasteiger partial charge < -0.3 is 0 Å². The maximum absolute atomic E-state index is 11.5. The van der Waals surface area contributed by atoms with Crippen LogP contribution in [0.4, 0.5) is 5.69 Å². The summed E-state index contributed by atoms with van der Waals surface area (Å²) in [6.45, 7) is 3.09. The molecule has 0 amide bonds. The van der Waals surface area contributed by atoms with Crippen LogP contribution in [0.3, 0.4) is 0 Å². The van der Waals surface area contributed by atoms with Gasteiger partial charge in [-0.05, 0) is 36.4 Å². The highest BCUT2D eigenvalue weighted by Crippen LogP contribution is 2.34. The molecule has 2 rings (SSSR count). The van der Waals surface area contributed by atoms with E-state index in [2.05, 4.69) is 11.7 Å². The Morgan fingerprint density at radius 1 is 0.750 bits per heavy atom. The van der Waals surface area contributed by atoms with E-state index in [0.717, 1.165) is 18.2 Å². The summed E-state index contributed by atoms with van der Waals surface area (Å²) in [5.41, 5.74) is -0.422. The van der Waals surface area contributed by atoms with Gasteiger partial charge in [0.1, 0.15) is 9.79 Å². The van der Waals surface area contributed by atoms with E-state index in [0.29, 0.717) is 6.07 Å². The van der Waals surface area contributed by atoms with Crippen molar-refractivity contribution in [2.24, 2.45) is 4.99 Å². The molecule has 13 heteroatoms. The van der Waals surface area contributed by atoms with Gasteiger partial charge in [-0.1, -0.05) is 0 Å². The summed E-state index contributed by atoms with van der Waals surface area (Å²) in [6.07, 6.45) is 0. The SMILES string of the molecule is C=Nc1cc2c(S(=O)(=O)O)cc(S(=O)(=O)O)cc2cc1S(=O)(=O)O. The lowest BCUT2D eigenvalue weighted by Gasteiger charge is -2.10. The fourth-order valence-corrected chi connectivity index (χ4v) is 4.02. The molecule has 10 nitrogen and oxygen atoms in total. The molecular formula is C11H9NO9S3. The molecule has 130 valence electrons. The summed E-state index contributed by atoms with van der Waals surface area (Å²) >= 11 is 0. The Balaban J connectivity index is 3.14. The first-order valence-corrected chi connectivity index (χ1v) is 10.1. The van der Waals surface area contributed by atoms with Crippen LogP contribution in [0, 0.1) is 0 Å². The molecule has 2 aromatic rings. The van der Waals surface area contributed by atoms with Crippen molar-refractivity contribution in [3.05, 3.63) is 24.3 Å². The lowest BCUT2D eigenvalue weighted by Crippen LogP contribution is -2.05. The molecule has 3 N–H and O–H groups in total. The van der Waals surface area contributed by atoms with Crippen molar-refractivity contribution in [3.63, 3.8) is 0 Å². The van der Waals surface area contributed by atoms with E-state index in [4.69, 9.17) is 9.11 Å². The number of hydrogen-bond donors (Lipinski definition) is 3. The number of benzene rings is 2. The largest absolute Gasteiger partial charge is 0.296 e. The van der Waals surface area contributed by atoms with E-state index in [1.165, 1.54) is 0 Å². The molecule has 0 heterocycles. The van der Waals surface area contributed by atoms with Crippen LogP contribution in [0.5, 0.6) is 0 Å². The molecular weight excluding hydrogens is 386 g/mol. The summed E-state index contributed by atoms with van der Waals surface area (Å²) in [5, 5.41) is -0.600. The molecule has 0 aromatic heterocycles. The average molecular weight is 395 g/mol. The summed E-state index contributed by atoms with van der Waals surface area (Å²) < 4.78 is 95.6. The molecule has 0 atom stereocenters. The molecule has 0 spiro atoms. The first-order valence-electron chi connectivity index (χ1n) is 5.76. The van der Waals surface area contributed by atoms with Crippen LogP contribution in [-0.4, -0.2) is 45.6 Å². The Labute approximate surface area is 136 Å². The zero-order valence-corrected chi connectivity index (χ0v) is 13.9. The second-order valence-electron chi connectivity index (χ2n) is 4.55. The lowest BCUT2D eigenvalue weighted by atomic mass is 10.1. The van der Waals surface area contributed by atoms with Gasteiger partial charge in [-0.3, -0.25) is 18.7 Å². The highest BCUT2D eigenvalue weighted by atomic mass is 32.2. The average Bonchev–Trinajstić information content (AvgIpc) is 2.41.